The predicted octanol–water partition coefficient (Wildman–Crippen LogP) is 3.54. The lowest BCUT2D eigenvalue weighted by Gasteiger charge is -2.26. The summed E-state index contributed by atoms with van der Waals surface area (Å²) in [6.45, 7) is -1.00. The van der Waals surface area contributed by atoms with E-state index < -0.39 is 12.6 Å². The van der Waals surface area contributed by atoms with E-state index >= 15 is 0 Å². The monoisotopic (exact) mass is 367 g/mol. The summed E-state index contributed by atoms with van der Waals surface area (Å²) in [5.74, 6) is -0.222. The van der Waals surface area contributed by atoms with Crippen LogP contribution in [-0.2, 0) is 14.3 Å². The maximum atomic E-state index is 12.1. The van der Waals surface area contributed by atoms with E-state index in [2.05, 4.69) is 17.0 Å². The van der Waals surface area contributed by atoms with Gasteiger partial charge in [0.05, 0.1) is 0 Å². The van der Waals surface area contributed by atoms with E-state index in [1.165, 1.54) is 36.4 Å². The summed E-state index contributed by atoms with van der Waals surface area (Å²) in [5.41, 5.74) is 0.615. The number of esters is 1. The lowest BCUT2D eigenvalue weighted by atomic mass is 9.87. The van der Waals surface area contributed by atoms with Gasteiger partial charge in [-0.1, -0.05) is 19.1 Å². The van der Waals surface area contributed by atoms with Crippen LogP contribution in [0, 0.1) is 5.92 Å². The molecule has 0 heterocycles. The summed E-state index contributed by atoms with van der Waals surface area (Å²) in [7, 11) is 0. The Labute approximate surface area is 151 Å². The molecule has 1 saturated carbocycles. The Hall–Kier alpha value is -2.44. The van der Waals surface area contributed by atoms with Crippen molar-refractivity contribution in [2.75, 3.05) is 6.61 Å². The van der Waals surface area contributed by atoms with Crippen LogP contribution in [0.25, 0.3) is 6.08 Å². The van der Waals surface area contributed by atoms with Gasteiger partial charge in [-0.3, -0.25) is 4.79 Å². The maximum Gasteiger partial charge on any atom is 0.387 e. The average Bonchev–Trinajstić information content (AvgIpc) is 2.61. The minimum atomic E-state index is -2.88. The number of amides is 1. The number of benzene rings is 1. The van der Waals surface area contributed by atoms with Crippen molar-refractivity contribution in [2.45, 2.75) is 45.3 Å². The third-order valence-corrected chi connectivity index (χ3v) is 4.24. The number of carbonyl (C=O) groups excluding carboxylic acids is 2. The summed E-state index contributed by atoms with van der Waals surface area (Å²) in [4.78, 5) is 23.5. The molecule has 1 aliphatic carbocycles. The smallest absolute Gasteiger partial charge is 0.387 e. The number of alkyl halides is 2. The molecule has 0 aromatic heterocycles. The van der Waals surface area contributed by atoms with Crippen LogP contribution < -0.4 is 10.1 Å². The number of rotatable bonds is 7. The minimum absolute atomic E-state index is 0.0357. The molecule has 26 heavy (non-hydrogen) atoms. The minimum Gasteiger partial charge on any atom is -0.452 e. The third kappa shape index (κ3) is 7.21. The molecule has 1 fully saturated rings. The number of hydrogen-bond acceptors (Lipinski definition) is 4. The van der Waals surface area contributed by atoms with E-state index in [0.29, 0.717) is 11.5 Å². The van der Waals surface area contributed by atoms with Crippen molar-refractivity contribution in [3.63, 3.8) is 0 Å². The van der Waals surface area contributed by atoms with Crippen molar-refractivity contribution < 1.29 is 27.8 Å². The second-order valence-corrected chi connectivity index (χ2v) is 6.41. The molecule has 1 aromatic carbocycles. The standard InChI is InChI=1S/C19H23F2NO4/c1-13-2-7-15(8-3-13)22-17(23)12-25-18(24)11-6-14-4-9-16(10-5-14)26-19(20)21/h4-6,9-11,13,15,19H,2-3,7-8,12H2,1H3,(H,22,23)/b11-6+. The summed E-state index contributed by atoms with van der Waals surface area (Å²) in [6, 6.07) is 5.95. The van der Waals surface area contributed by atoms with Crippen LogP contribution in [0.1, 0.15) is 38.2 Å². The van der Waals surface area contributed by atoms with Crippen molar-refractivity contribution in [3.05, 3.63) is 35.9 Å². The van der Waals surface area contributed by atoms with E-state index in [4.69, 9.17) is 4.74 Å². The fourth-order valence-corrected chi connectivity index (χ4v) is 2.78. The molecule has 5 nitrogen and oxygen atoms in total. The Morgan fingerprint density at radius 2 is 1.85 bits per heavy atom. The Bertz CT molecular complexity index is 623. The van der Waals surface area contributed by atoms with Crippen LogP contribution in [0.4, 0.5) is 8.78 Å². The Balaban J connectivity index is 1.70. The highest BCUT2D eigenvalue weighted by atomic mass is 19.3. The summed E-state index contributed by atoms with van der Waals surface area (Å²) in [5, 5.41) is 2.87. The fourth-order valence-electron chi connectivity index (χ4n) is 2.78. The molecule has 2 rings (SSSR count). The summed E-state index contributed by atoms with van der Waals surface area (Å²) in [6.07, 6.45) is 6.73. The highest BCUT2D eigenvalue weighted by Crippen LogP contribution is 2.23. The van der Waals surface area contributed by atoms with Gasteiger partial charge in [-0.05, 0) is 55.4 Å². The van der Waals surface area contributed by atoms with Crippen LogP contribution in [0.5, 0.6) is 5.75 Å². The summed E-state index contributed by atoms with van der Waals surface area (Å²) < 4.78 is 33.3. The number of hydrogen-bond donors (Lipinski definition) is 1. The van der Waals surface area contributed by atoms with Crippen LogP contribution in [0.15, 0.2) is 30.3 Å². The first-order chi connectivity index (χ1) is 12.4. The molecule has 1 amide bonds. The zero-order chi connectivity index (χ0) is 18.9. The Morgan fingerprint density at radius 1 is 1.19 bits per heavy atom. The molecule has 0 spiro atoms. The average molecular weight is 367 g/mol. The first-order valence-electron chi connectivity index (χ1n) is 8.61. The fraction of sp³-hybridized carbons (Fsp3) is 0.474. The Kier molecular flexibility index (Phi) is 7.56. The van der Waals surface area contributed by atoms with Gasteiger partial charge in [0.2, 0.25) is 0 Å². The largest absolute Gasteiger partial charge is 0.452 e. The molecule has 1 aliphatic rings. The van der Waals surface area contributed by atoms with Crippen molar-refractivity contribution in [1.82, 2.24) is 5.32 Å². The molecule has 7 heteroatoms. The quantitative estimate of drug-likeness (QED) is 0.591. The van der Waals surface area contributed by atoms with Gasteiger partial charge in [-0.2, -0.15) is 8.78 Å². The van der Waals surface area contributed by atoms with E-state index in [1.54, 1.807) is 0 Å². The van der Waals surface area contributed by atoms with Gasteiger partial charge in [0.1, 0.15) is 5.75 Å². The van der Waals surface area contributed by atoms with Gasteiger partial charge >= 0.3 is 12.6 Å². The molecule has 0 radical (unpaired) electrons. The Morgan fingerprint density at radius 3 is 2.46 bits per heavy atom. The molecule has 1 N–H and O–H groups in total. The van der Waals surface area contributed by atoms with Crippen molar-refractivity contribution in [2.24, 2.45) is 5.92 Å². The topological polar surface area (TPSA) is 64.6 Å². The highest BCUT2D eigenvalue weighted by Gasteiger charge is 2.19. The second-order valence-electron chi connectivity index (χ2n) is 6.41. The first kappa shape index (κ1) is 19.9. The highest BCUT2D eigenvalue weighted by molar-refractivity contribution is 5.89. The first-order valence-corrected chi connectivity index (χ1v) is 8.61. The zero-order valence-electron chi connectivity index (χ0n) is 14.6. The molecule has 142 valence electrons. The summed E-state index contributed by atoms with van der Waals surface area (Å²) >= 11 is 0. The van der Waals surface area contributed by atoms with E-state index in [-0.39, 0.29) is 24.3 Å². The van der Waals surface area contributed by atoms with Crippen LogP contribution in [0.2, 0.25) is 0 Å². The van der Waals surface area contributed by atoms with Gasteiger partial charge in [-0.15, -0.1) is 0 Å². The lowest BCUT2D eigenvalue weighted by molar-refractivity contribution is -0.144. The van der Waals surface area contributed by atoms with Gasteiger partial charge < -0.3 is 14.8 Å². The molecule has 0 atom stereocenters. The van der Waals surface area contributed by atoms with E-state index in [0.717, 1.165) is 25.7 Å². The molecule has 1 aromatic rings. The van der Waals surface area contributed by atoms with Gasteiger partial charge in [0.15, 0.2) is 6.61 Å². The van der Waals surface area contributed by atoms with E-state index in [1.807, 2.05) is 0 Å². The number of ether oxygens (including phenoxy) is 2. The normalized spacial score (nSPS) is 20.2. The number of nitrogens with one attached hydrogen (secondary N) is 1. The second kappa shape index (κ2) is 9.89. The van der Waals surface area contributed by atoms with Gasteiger partial charge in [0, 0.05) is 12.1 Å². The van der Waals surface area contributed by atoms with Crippen molar-refractivity contribution in [1.29, 1.82) is 0 Å². The van der Waals surface area contributed by atoms with Crippen LogP contribution >= 0.6 is 0 Å². The van der Waals surface area contributed by atoms with Gasteiger partial charge in [0.25, 0.3) is 5.91 Å². The molecule has 0 bridgehead atoms. The van der Waals surface area contributed by atoms with Crippen LogP contribution in [0.3, 0.4) is 0 Å². The number of carbonyl (C=O) groups is 2. The lowest BCUT2D eigenvalue weighted by Crippen LogP contribution is -2.39. The third-order valence-electron chi connectivity index (χ3n) is 4.24. The molecule has 0 aliphatic heterocycles. The van der Waals surface area contributed by atoms with Crippen molar-refractivity contribution >= 4 is 18.0 Å². The van der Waals surface area contributed by atoms with Gasteiger partial charge in [-0.25, -0.2) is 4.79 Å². The zero-order valence-corrected chi connectivity index (χ0v) is 14.6. The molecule has 0 saturated heterocycles. The number of halogens is 2. The molecular weight excluding hydrogens is 344 g/mol. The SMILES string of the molecule is CC1CCC(NC(=O)COC(=O)/C=C/c2ccc(OC(F)F)cc2)CC1. The van der Waals surface area contributed by atoms with E-state index in [9.17, 15) is 18.4 Å². The predicted molar refractivity (Wildman–Crippen MR) is 92.6 cm³/mol. The van der Waals surface area contributed by atoms with Crippen LogP contribution in [-0.4, -0.2) is 31.1 Å². The van der Waals surface area contributed by atoms with Crippen molar-refractivity contribution in [3.8, 4) is 5.75 Å². The molecule has 0 unspecified atom stereocenters. The maximum absolute atomic E-state index is 12.1. The molecular formula is C19H23F2NO4.